The third-order valence-corrected chi connectivity index (χ3v) is 17.9. The molecular formula is C72H148ClNO4. The second-order valence-electron chi connectivity index (χ2n) is 25.8. The Balaban J connectivity index is 0. The first-order valence-corrected chi connectivity index (χ1v) is 37.9. The van der Waals surface area contributed by atoms with Gasteiger partial charge in [0.05, 0.1) is 26.2 Å². The van der Waals surface area contributed by atoms with Crippen LogP contribution < -0.4 is 18.6 Å². The van der Waals surface area contributed by atoms with Crippen LogP contribution in [0.15, 0.2) is 0 Å². The molecule has 0 bridgehead atoms. The van der Waals surface area contributed by atoms with Gasteiger partial charge in [-0.15, -0.1) is 10.2 Å². The molecule has 0 aliphatic heterocycles. The molecule has 0 fully saturated rings. The van der Waals surface area contributed by atoms with E-state index >= 15 is 0 Å². The molecule has 0 saturated heterocycles. The molecule has 0 aromatic carbocycles. The van der Waals surface area contributed by atoms with Gasteiger partial charge in [-0.3, -0.25) is 0 Å². The molecule has 6 heteroatoms. The highest BCUT2D eigenvalue weighted by molar-refractivity contribution is 4.58. The standard InChI is InChI=1S/C72H148N.ClHO4/c1-5-9-13-17-21-25-29-33-37-41-45-49-53-57-61-65-69-73(70-66-62-58-54-50-46-42-38-34-30-26-22-18-14-10-6-2,71-67-63-59-55-51-47-43-39-35-31-27-23-19-15-11-7-3)72-68-64-60-56-52-48-44-40-36-32-28-24-20-16-12-8-4;2-1(3,4)5/h5-72H2,1-4H3;(H,2,3,4,5)/q+1;/p-1. The van der Waals surface area contributed by atoms with Gasteiger partial charge in [0.1, 0.15) is 0 Å². The first-order chi connectivity index (χ1) is 38.2. The predicted molar refractivity (Wildman–Crippen MR) is 338 cm³/mol. The Morgan fingerprint density at radius 2 is 0.231 bits per heavy atom. The summed E-state index contributed by atoms with van der Waals surface area (Å²) in [5, 5.41) is 0. The Labute approximate surface area is 495 Å². The smallest absolute Gasteiger partial charge is 0.0786 e. The van der Waals surface area contributed by atoms with Crippen molar-refractivity contribution in [1.29, 1.82) is 0 Å². The lowest BCUT2D eigenvalue weighted by Gasteiger charge is -2.40. The van der Waals surface area contributed by atoms with Crippen molar-refractivity contribution in [2.24, 2.45) is 0 Å². The molecule has 5 nitrogen and oxygen atoms in total. The van der Waals surface area contributed by atoms with Crippen LogP contribution in [0.4, 0.5) is 0 Å². The minimum atomic E-state index is -4.94. The van der Waals surface area contributed by atoms with Gasteiger partial charge in [-0.05, 0) is 51.4 Å². The predicted octanol–water partition coefficient (Wildman–Crippen LogP) is 22.1. The van der Waals surface area contributed by atoms with Crippen molar-refractivity contribution in [2.45, 2.75) is 439 Å². The lowest BCUT2D eigenvalue weighted by atomic mass is 10.0. The quantitative estimate of drug-likeness (QED) is 0.0448. The number of nitrogens with zero attached hydrogens (tertiary/aromatic N) is 1. The van der Waals surface area contributed by atoms with Crippen molar-refractivity contribution in [3.8, 4) is 0 Å². The zero-order valence-electron chi connectivity index (χ0n) is 54.5. The van der Waals surface area contributed by atoms with Crippen LogP contribution in [0.25, 0.3) is 0 Å². The van der Waals surface area contributed by atoms with Crippen LogP contribution in [0.1, 0.15) is 439 Å². The fourth-order valence-corrected chi connectivity index (χ4v) is 12.7. The van der Waals surface area contributed by atoms with Gasteiger partial charge in [0.25, 0.3) is 0 Å². The van der Waals surface area contributed by atoms with Gasteiger partial charge in [-0.25, -0.2) is 18.6 Å². The van der Waals surface area contributed by atoms with Gasteiger partial charge < -0.3 is 4.48 Å². The maximum Gasteiger partial charge on any atom is 0.0786 e. The van der Waals surface area contributed by atoms with Crippen LogP contribution in [-0.4, -0.2) is 30.7 Å². The van der Waals surface area contributed by atoms with Crippen molar-refractivity contribution in [2.75, 3.05) is 26.2 Å². The lowest BCUT2D eigenvalue weighted by Crippen LogP contribution is -2.68. The van der Waals surface area contributed by atoms with E-state index in [0.717, 1.165) is 0 Å². The van der Waals surface area contributed by atoms with Crippen LogP contribution >= 0.6 is 0 Å². The molecule has 0 aliphatic carbocycles. The zero-order chi connectivity index (χ0) is 57.1. The summed E-state index contributed by atoms with van der Waals surface area (Å²) >= 11 is 0. The minimum Gasteiger partial charge on any atom is -0.324 e. The Morgan fingerprint density at radius 3 is 0.321 bits per heavy atom. The van der Waals surface area contributed by atoms with Crippen molar-refractivity contribution >= 4 is 0 Å². The highest BCUT2D eigenvalue weighted by Crippen LogP contribution is 2.23. The van der Waals surface area contributed by atoms with E-state index in [1.807, 2.05) is 0 Å². The van der Waals surface area contributed by atoms with E-state index in [-0.39, 0.29) is 0 Å². The van der Waals surface area contributed by atoms with Crippen LogP contribution in [-0.2, 0) is 0 Å². The lowest BCUT2D eigenvalue weighted by molar-refractivity contribution is -2.00. The Kier molecular flexibility index (Phi) is 71.5. The summed E-state index contributed by atoms with van der Waals surface area (Å²) in [5.41, 5.74) is 0. The van der Waals surface area contributed by atoms with Crippen molar-refractivity contribution in [3.05, 3.63) is 0 Å². The maximum absolute atomic E-state index is 8.49. The maximum atomic E-state index is 8.49. The molecule has 0 aliphatic rings. The van der Waals surface area contributed by atoms with E-state index in [1.165, 1.54) is 442 Å². The van der Waals surface area contributed by atoms with Gasteiger partial charge in [0.2, 0.25) is 0 Å². The summed E-state index contributed by atoms with van der Waals surface area (Å²) in [4.78, 5) is 0. The molecular weight excluding hydrogens is 978 g/mol. The van der Waals surface area contributed by atoms with Gasteiger partial charge >= 0.3 is 0 Å². The highest BCUT2D eigenvalue weighted by atomic mass is 35.7. The van der Waals surface area contributed by atoms with Crippen LogP contribution in [0.2, 0.25) is 0 Å². The van der Waals surface area contributed by atoms with Gasteiger partial charge in [-0.2, -0.15) is 0 Å². The molecule has 0 saturated carbocycles. The number of quaternary nitrogens is 1. The third kappa shape index (κ3) is 74.1. The monoisotopic (exact) mass is 1130 g/mol. The molecule has 0 rings (SSSR count). The summed E-state index contributed by atoms with van der Waals surface area (Å²) in [6, 6.07) is 0. The van der Waals surface area contributed by atoms with E-state index in [1.54, 1.807) is 0 Å². The topological polar surface area (TPSA) is 92.2 Å². The summed E-state index contributed by atoms with van der Waals surface area (Å²) < 4.78 is 35.5. The molecule has 0 atom stereocenters. The molecule has 78 heavy (non-hydrogen) atoms. The van der Waals surface area contributed by atoms with Gasteiger partial charge in [0, 0.05) is 0 Å². The SMILES string of the molecule is CCCCCCCCCCCCCCCCCC[N+](CCCCCCCCCCCCCCCCCC)(CCCCCCCCCCCCCCCCCC)CCCCCCCCCCCCCCCCCC.[O-][Cl+3]([O-])([O-])[O-]. The molecule has 0 spiro atoms. The molecule has 0 radical (unpaired) electrons. The molecule has 0 heterocycles. The summed E-state index contributed by atoms with van der Waals surface area (Å²) in [6.07, 6.45) is 94.7. The van der Waals surface area contributed by atoms with Crippen molar-refractivity contribution in [3.63, 3.8) is 0 Å². The molecule has 0 unspecified atom stereocenters. The van der Waals surface area contributed by atoms with E-state index < -0.39 is 10.2 Å². The summed E-state index contributed by atoms with van der Waals surface area (Å²) in [7, 11) is -4.94. The number of halogens is 1. The van der Waals surface area contributed by atoms with E-state index in [9.17, 15) is 0 Å². The highest BCUT2D eigenvalue weighted by Gasteiger charge is 2.26. The summed E-state index contributed by atoms with van der Waals surface area (Å²) in [6.45, 7) is 15.3. The molecule has 472 valence electrons. The largest absolute Gasteiger partial charge is 0.324 e. The van der Waals surface area contributed by atoms with Crippen LogP contribution in [0.5, 0.6) is 0 Å². The van der Waals surface area contributed by atoms with E-state index in [2.05, 4.69) is 27.7 Å². The molecule has 0 amide bonds. The first-order valence-electron chi connectivity index (χ1n) is 36.7. The van der Waals surface area contributed by atoms with E-state index in [0.29, 0.717) is 0 Å². The Morgan fingerprint density at radius 1 is 0.154 bits per heavy atom. The third-order valence-electron chi connectivity index (χ3n) is 17.9. The second kappa shape index (κ2) is 69.6. The number of unbranched alkanes of at least 4 members (excludes halogenated alkanes) is 60. The van der Waals surface area contributed by atoms with Crippen molar-refractivity contribution in [1.82, 2.24) is 0 Å². The molecule has 0 aromatic rings. The summed E-state index contributed by atoms with van der Waals surface area (Å²) in [5.74, 6) is 0. The van der Waals surface area contributed by atoms with Crippen LogP contribution in [0, 0.1) is 10.2 Å². The molecule has 0 N–H and O–H groups in total. The fraction of sp³-hybridized carbons (Fsp3) is 1.00. The van der Waals surface area contributed by atoms with Crippen molar-refractivity contribution < 1.29 is 33.4 Å². The molecule has 0 aromatic heterocycles. The number of hydrogen-bond donors (Lipinski definition) is 0. The normalized spacial score (nSPS) is 12.0. The first kappa shape index (κ1) is 80.2. The second-order valence-corrected chi connectivity index (χ2v) is 26.6. The fourth-order valence-electron chi connectivity index (χ4n) is 12.7. The van der Waals surface area contributed by atoms with Gasteiger partial charge in [0.15, 0.2) is 0 Å². The zero-order valence-corrected chi connectivity index (χ0v) is 55.3. The Hall–Kier alpha value is 0.0900. The average molecular weight is 1130 g/mol. The minimum absolute atomic E-state index is 1.37. The Bertz CT molecular complexity index is 883. The average Bonchev–Trinajstić information content (AvgIpc) is 3.42. The van der Waals surface area contributed by atoms with Crippen LogP contribution in [0.3, 0.4) is 0 Å². The van der Waals surface area contributed by atoms with E-state index in [4.69, 9.17) is 18.6 Å². The number of rotatable bonds is 68. The van der Waals surface area contributed by atoms with Gasteiger partial charge in [-0.1, -0.05) is 387 Å². The number of hydrogen-bond acceptors (Lipinski definition) is 4.